The molecule has 0 atom stereocenters. The van der Waals surface area contributed by atoms with Crippen molar-refractivity contribution in [3.05, 3.63) is 28.2 Å². The monoisotopic (exact) mass is 438 g/mol. The van der Waals surface area contributed by atoms with E-state index in [0.717, 1.165) is 73.6 Å². The van der Waals surface area contributed by atoms with Crippen molar-refractivity contribution in [3.8, 4) is 5.75 Å². The predicted molar refractivity (Wildman–Crippen MR) is 113 cm³/mol. The first-order valence-corrected chi connectivity index (χ1v) is 10.6. The number of carbonyl (C=O) groups is 1. The lowest BCUT2D eigenvalue weighted by atomic mass is 10.2. The summed E-state index contributed by atoms with van der Waals surface area (Å²) in [5.74, 6) is 1.91. The van der Waals surface area contributed by atoms with Gasteiger partial charge < -0.3 is 20.3 Å². The molecule has 2 rings (SSSR count). The molecule has 6 nitrogen and oxygen atoms in total. The highest BCUT2D eigenvalue weighted by atomic mass is 79.9. The molecule has 2 N–H and O–H groups in total. The zero-order valence-electron chi connectivity index (χ0n) is 16.4. The molecule has 1 saturated heterocycles. The molecule has 0 saturated carbocycles. The van der Waals surface area contributed by atoms with Gasteiger partial charge in [0.25, 0.3) is 0 Å². The molecular weight excluding hydrogens is 408 g/mol. The SMILES string of the molecule is CCNC(=NCc1cc(Br)ccc1OC)NCCCN1CCCCCC1=O. The number of methoxy groups -OCH3 is 1. The van der Waals surface area contributed by atoms with Crippen molar-refractivity contribution >= 4 is 27.8 Å². The minimum Gasteiger partial charge on any atom is -0.496 e. The lowest BCUT2D eigenvalue weighted by Crippen LogP contribution is -2.39. The largest absolute Gasteiger partial charge is 0.496 e. The van der Waals surface area contributed by atoms with Crippen molar-refractivity contribution in [2.24, 2.45) is 4.99 Å². The molecule has 0 aliphatic carbocycles. The van der Waals surface area contributed by atoms with E-state index >= 15 is 0 Å². The molecule has 0 spiro atoms. The number of guanidine groups is 1. The number of halogens is 1. The Balaban J connectivity index is 1.84. The number of nitrogens with one attached hydrogen (secondary N) is 2. The summed E-state index contributed by atoms with van der Waals surface area (Å²) >= 11 is 3.50. The molecular formula is C20H31BrN4O2. The van der Waals surface area contributed by atoms with Crippen molar-refractivity contribution < 1.29 is 9.53 Å². The van der Waals surface area contributed by atoms with Gasteiger partial charge in [-0.15, -0.1) is 0 Å². The number of benzene rings is 1. The lowest BCUT2D eigenvalue weighted by Gasteiger charge is -2.20. The Labute approximate surface area is 170 Å². The summed E-state index contributed by atoms with van der Waals surface area (Å²) < 4.78 is 6.42. The zero-order valence-corrected chi connectivity index (χ0v) is 18.0. The van der Waals surface area contributed by atoms with Crippen LogP contribution in [0.15, 0.2) is 27.7 Å². The maximum atomic E-state index is 12.0. The average Bonchev–Trinajstić information content (AvgIpc) is 2.87. The molecule has 1 amide bonds. The van der Waals surface area contributed by atoms with Gasteiger partial charge in [0.15, 0.2) is 5.96 Å². The van der Waals surface area contributed by atoms with Crippen molar-refractivity contribution in [3.63, 3.8) is 0 Å². The number of hydrogen-bond donors (Lipinski definition) is 2. The number of amides is 1. The smallest absolute Gasteiger partial charge is 0.222 e. The molecule has 1 aliphatic heterocycles. The van der Waals surface area contributed by atoms with Crippen LogP contribution in [-0.4, -0.2) is 50.1 Å². The van der Waals surface area contributed by atoms with Crippen LogP contribution in [0, 0.1) is 0 Å². The Morgan fingerprint density at radius 3 is 2.93 bits per heavy atom. The molecule has 1 aliphatic rings. The first-order chi connectivity index (χ1) is 13.1. The fourth-order valence-corrected chi connectivity index (χ4v) is 3.54. The second-order valence-electron chi connectivity index (χ2n) is 6.62. The number of nitrogens with zero attached hydrogens (tertiary/aromatic N) is 2. The first kappa shape index (κ1) is 21.5. The van der Waals surface area contributed by atoms with Gasteiger partial charge in [0.05, 0.1) is 13.7 Å². The van der Waals surface area contributed by atoms with E-state index in [4.69, 9.17) is 4.74 Å². The zero-order chi connectivity index (χ0) is 19.5. The van der Waals surface area contributed by atoms with Crippen LogP contribution in [0.3, 0.4) is 0 Å². The maximum absolute atomic E-state index is 12.0. The molecule has 0 bridgehead atoms. The van der Waals surface area contributed by atoms with E-state index in [1.165, 1.54) is 0 Å². The number of ether oxygens (including phenoxy) is 1. The number of hydrogen-bond acceptors (Lipinski definition) is 3. The van der Waals surface area contributed by atoms with E-state index in [1.54, 1.807) is 7.11 Å². The van der Waals surface area contributed by atoms with Crippen LogP contribution < -0.4 is 15.4 Å². The second-order valence-corrected chi connectivity index (χ2v) is 7.54. The summed E-state index contributed by atoms with van der Waals surface area (Å²) in [6, 6.07) is 5.92. The van der Waals surface area contributed by atoms with Crippen LogP contribution in [-0.2, 0) is 11.3 Å². The average molecular weight is 439 g/mol. The van der Waals surface area contributed by atoms with Gasteiger partial charge in [-0.05, 0) is 44.4 Å². The highest BCUT2D eigenvalue weighted by Crippen LogP contribution is 2.23. The van der Waals surface area contributed by atoms with Gasteiger partial charge >= 0.3 is 0 Å². The molecule has 0 radical (unpaired) electrons. The van der Waals surface area contributed by atoms with Crippen LogP contribution in [0.1, 0.15) is 44.6 Å². The van der Waals surface area contributed by atoms with Gasteiger partial charge in [-0.1, -0.05) is 22.4 Å². The molecule has 1 aromatic rings. The van der Waals surface area contributed by atoms with Crippen LogP contribution >= 0.6 is 15.9 Å². The Morgan fingerprint density at radius 1 is 1.30 bits per heavy atom. The molecule has 1 aromatic carbocycles. The van der Waals surface area contributed by atoms with E-state index in [9.17, 15) is 4.79 Å². The van der Waals surface area contributed by atoms with Crippen molar-refractivity contribution in [2.75, 3.05) is 33.3 Å². The predicted octanol–water partition coefficient (Wildman–Crippen LogP) is 3.31. The molecule has 27 heavy (non-hydrogen) atoms. The summed E-state index contributed by atoms with van der Waals surface area (Å²) in [6.07, 6.45) is 4.93. The van der Waals surface area contributed by atoms with Gasteiger partial charge in [-0.25, -0.2) is 4.99 Å². The second kappa shape index (κ2) is 11.8. The van der Waals surface area contributed by atoms with Gasteiger partial charge in [-0.2, -0.15) is 0 Å². The summed E-state index contributed by atoms with van der Waals surface area (Å²) in [4.78, 5) is 18.7. The first-order valence-electron chi connectivity index (χ1n) is 9.76. The lowest BCUT2D eigenvalue weighted by molar-refractivity contribution is -0.130. The quantitative estimate of drug-likeness (QED) is 0.371. The topological polar surface area (TPSA) is 66.0 Å². The van der Waals surface area contributed by atoms with Crippen molar-refractivity contribution in [1.82, 2.24) is 15.5 Å². The normalized spacial score (nSPS) is 15.4. The van der Waals surface area contributed by atoms with Crippen molar-refractivity contribution in [2.45, 2.75) is 45.6 Å². The summed E-state index contributed by atoms with van der Waals surface area (Å²) in [6.45, 7) is 5.87. The third kappa shape index (κ3) is 7.40. The number of rotatable bonds is 8. The van der Waals surface area contributed by atoms with Gasteiger partial charge in [0, 0.05) is 42.6 Å². The summed E-state index contributed by atoms with van der Waals surface area (Å²) in [7, 11) is 1.67. The summed E-state index contributed by atoms with van der Waals surface area (Å²) in [5, 5.41) is 6.63. The maximum Gasteiger partial charge on any atom is 0.222 e. The minimum absolute atomic E-state index is 0.301. The van der Waals surface area contributed by atoms with Crippen LogP contribution in [0.4, 0.5) is 0 Å². The van der Waals surface area contributed by atoms with E-state index in [-0.39, 0.29) is 0 Å². The number of aliphatic imine (C=N–C) groups is 1. The molecule has 1 fully saturated rings. The highest BCUT2D eigenvalue weighted by Gasteiger charge is 2.15. The van der Waals surface area contributed by atoms with Gasteiger partial charge in [-0.3, -0.25) is 4.79 Å². The molecule has 7 heteroatoms. The van der Waals surface area contributed by atoms with Gasteiger partial charge in [0.1, 0.15) is 5.75 Å². The fourth-order valence-electron chi connectivity index (χ4n) is 3.13. The third-order valence-corrected chi connectivity index (χ3v) is 5.06. The van der Waals surface area contributed by atoms with E-state index in [0.29, 0.717) is 18.9 Å². The highest BCUT2D eigenvalue weighted by molar-refractivity contribution is 9.10. The molecule has 0 unspecified atom stereocenters. The van der Waals surface area contributed by atoms with Gasteiger partial charge in [0.2, 0.25) is 5.91 Å². The molecule has 150 valence electrons. The van der Waals surface area contributed by atoms with Crippen molar-refractivity contribution in [1.29, 1.82) is 0 Å². The third-order valence-electron chi connectivity index (χ3n) is 4.56. The van der Waals surface area contributed by atoms with Crippen LogP contribution in [0.5, 0.6) is 5.75 Å². The van der Waals surface area contributed by atoms with E-state index in [1.807, 2.05) is 30.0 Å². The summed E-state index contributed by atoms with van der Waals surface area (Å²) in [5.41, 5.74) is 1.03. The Hall–Kier alpha value is -1.76. The minimum atomic E-state index is 0.301. The fraction of sp³-hybridized carbons (Fsp3) is 0.600. The number of likely N-dealkylation sites (tertiary alicyclic amines) is 1. The van der Waals surface area contributed by atoms with E-state index < -0.39 is 0 Å². The standard InChI is InChI=1S/C20H31BrN4O2/c1-3-22-20(24-15-16-14-17(21)9-10-18(16)27-2)23-11-7-13-25-12-6-4-5-8-19(25)26/h9-10,14H,3-8,11-13,15H2,1-2H3,(H2,22,23,24). The molecule has 1 heterocycles. The Morgan fingerprint density at radius 2 is 2.15 bits per heavy atom. The Bertz CT molecular complexity index is 636. The van der Waals surface area contributed by atoms with Crippen LogP contribution in [0.25, 0.3) is 0 Å². The Kier molecular flexibility index (Phi) is 9.45. The number of carbonyl (C=O) groups excluding carboxylic acids is 1. The molecule has 0 aromatic heterocycles. The van der Waals surface area contributed by atoms with E-state index in [2.05, 4.69) is 31.6 Å². The van der Waals surface area contributed by atoms with Crippen LogP contribution in [0.2, 0.25) is 0 Å².